The highest BCUT2D eigenvalue weighted by Crippen LogP contribution is 2.18. The molecule has 0 aliphatic carbocycles. The molecule has 0 saturated heterocycles. The zero-order valence-electron chi connectivity index (χ0n) is 20.5. The number of hydrogen-bond donors (Lipinski definition) is 2. The van der Waals surface area contributed by atoms with Gasteiger partial charge in [0.05, 0.1) is 7.11 Å². The zero-order chi connectivity index (χ0) is 26.4. The lowest BCUT2D eigenvalue weighted by Crippen LogP contribution is -2.22. The normalized spacial score (nSPS) is 10.2. The second-order valence-corrected chi connectivity index (χ2v) is 8.08. The van der Waals surface area contributed by atoms with E-state index in [1.165, 1.54) is 47.2 Å². The van der Waals surface area contributed by atoms with E-state index in [4.69, 9.17) is 4.74 Å². The highest BCUT2D eigenvalue weighted by Gasteiger charge is 2.15. The predicted molar refractivity (Wildman–Crippen MR) is 133 cm³/mol. The first-order valence-corrected chi connectivity index (χ1v) is 10.8. The van der Waals surface area contributed by atoms with Crippen molar-refractivity contribution in [3.05, 3.63) is 76.9 Å². The van der Waals surface area contributed by atoms with Crippen molar-refractivity contribution in [3.8, 4) is 5.88 Å². The molecule has 0 radical (unpaired) electrons. The second-order valence-electron chi connectivity index (χ2n) is 8.08. The first-order valence-electron chi connectivity index (χ1n) is 10.8. The van der Waals surface area contributed by atoms with E-state index in [1.54, 1.807) is 52.5 Å². The van der Waals surface area contributed by atoms with Gasteiger partial charge in [0.15, 0.2) is 0 Å². The Morgan fingerprint density at radius 1 is 0.667 bits per heavy atom. The van der Waals surface area contributed by atoms with Crippen molar-refractivity contribution >= 4 is 35.4 Å². The number of carbonyl (C=O) groups is 4. The monoisotopic (exact) mass is 490 g/mol. The number of amides is 4. The molecule has 0 fully saturated rings. The van der Waals surface area contributed by atoms with Crippen LogP contribution in [0.15, 0.2) is 54.6 Å². The Labute approximate surface area is 208 Å². The lowest BCUT2D eigenvalue weighted by Gasteiger charge is -2.12. The fourth-order valence-corrected chi connectivity index (χ4v) is 3.06. The smallest absolute Gasteiger partial charge is 0.258 e. The lowest BCUT2D eigenvalue weighted by molar-refractivity contribution is 0.0820. The molecule has 3 aromatic rings. The molecule has 0 atom stereocenters. The molecule has 0 aliphatic rings. The molecular formula is C25H26N6O5. The molecule has 36 heavy (non-hydrogen) atoms. The molecule has 1 heterocycles. The van der Waals surface area contributed by atoms with Crippen molar-refractivity contribution < 1.29 is 23.9 Å². The summed E-state index contributed by atoms with van der Waals surface area (Å²) in [4.78, 5) is 60.6. The van der Waals surface area contributed by atoms with Crippen LogP contribution in [0.4, 0.5) is 11.8 Å². The van der Waals surface area contributed by atoms with E-state index in [0.717, 1.165) is 0 Å². The summed E-state index contributed by atoms with van der Waals surface area (Å²) < 4.78 is 5.16. The minimum Gasteiger partial charge on any atom is -0.481 e. The maximum atomic E-state index is 12.7. The summed E-state index contributed by atoms with van der Waals surface area (Å²) in [5, 5.41) is 5.19. The van der Waals surface area contributed by atoms with Crippen LogP contribution < -0.4 is 15.4 Å². The quantitative estimate of drug-likeness (QED) is 0.519. The summed E-state index contributed by atoms with van der Waals surface area (Å²) in [5.41, 5.74) is 1.48. The van der Waals surface area contributed by atoms with Crippen LogP contribution in [-0.4, -0.2) is 78.7 Å². The van der Waals surface area contributed by atoms with E-state index in [1.807, 2.05) is 0 Å². The van der Waals surface area contributed by atoms with Gasteiger partial charge in [0.1, 0.15) is 5.82 Å². The van der Waals surface area contributed by atoms with Gasteiger partial charge in [0, 0.05) is 56.5 Å². The van der Waals surface area contributed by atoms with Gasteiger partial charge < -0.3 is 19.9 Å². The number of aromatic nitrogens is 2. The number of nitrogens with one attached hydrogen (secondary N) is 2. The molecule has 0 spiro atoms. The largest absolute Gasteiger partial charge is 0.481 e. The number of methoxy groups -OCH3 is 1. The average molecular weight is 491 g/mol. The molecule has 1 aromatic heterocycles. The Bertz CT molecular complexity index is 1190. The Kier molecular flexibility index (Phi) is 7.95. The molecule has 4 amide bonds. The van der Waals surface area contributed by atoms with Gasteiger partial charge in [-0.3, -0.25) is 24.5 Å². The molecule has 0 bridgehead atoms. The van der Waals surface area contributed by atoms with Crippen LogP contribution in [-0.2, 0) is 0 Å². The number of benzene rings is 2. The maximum absolute atomic E-state index is 12.7. The van der Waals surface area contributed by atoms with Crippen molar-refractivity contribution in [2.24, 2.45) is 0 Å². The Morgan fingerprint density at radius 2 is 1.08 bits per heavy atom. The first-order chi connectivity index (χ1) is 17.1. The van der Waals surface area contributed by atoms with Crippen LogP contribution in [0.25, 0.3) is 0 Å². The van der Waals surface area contributed by atoms with E-state index in [9.17, 15) is 19.2 Å². The zero-order valence-corrected chi connectivity index (χ0v) is 20.5. The molecule has 3 rings (SSSR count). The third-order valence-electron chi connectivity index (χ3n) is 4.98. The number of anilines is 2. The van der Waals surface area contributed by atoms with E-state index in [2.05, 4.69) is 20.6 Å². The van der Waals surface area contributed by atoms with Crippen LogP contribution in [0.3, 0.4) is 0 Å². The fraction of sp³-hybridized carbons (Fsp3) is 0.200. The van der Waals surface area contributed by atoms with Gasteiger partial charge >= 0.3 is 0 Å². The number of hydrogen-bond acceptors (Lipinski definition) is 7. The molecule has 11 heteroatoms. The van der Waals surface area contributed by atoms with Gasteiger partial charge in [-0.1, -0.05) is 0 Å². The van der Waals surface area contributed by atoms with E-state index in [0.29, 0.717) is 16.7 Å². The van der Waals surface area contributed by atoms with Crippen molar-refractivity contribution in [2.75, 3.05) is 45.9 Å². The van der Waals surface area contributed by atoms with Crippen LogP contribution in [0.1, 0.15) is 41.4 Å². The Balaban J connectivity index is 1.74. The maximum Gasteiger partial charge on any atom is 0.258 e. The highest BCUT2D eigenvalue weighted by molar-refractivity contribution is 6.06. The van der Waals surface area contributed by atoms with Crippen LogP contribution >= 0.6 is 0 Å². The van der Waals surface area contributed by atoms with Crippen LogP contribution in [0, 0.1) is 0 Å². The second kappa shape index (κ2) is 11.1. The minimum absolute atomic E-state index is 0.0879. The summed E-state index contributed by atoms with van der Waals surface area (Å²) in [7, 11) is 7.95. The van der Waals surface area contributed by atoms with Gasteiger partial charge in [-0.2, -0.15) is 9.97 Å². The summed E-state index contributed by atoms with van der Waals surface area (Å²) in [5.74, 6) is -1.21. The van der Waals surface area contributed by atoms with Crippen molar-refractivity contribution in [1.82, 2.24) is 19.8 Å². The van der Waals surface area contributed by atoms with E-state index >= 15 is 0 Å². The molecule has 186 valence electrons. The van der Waals surface area contributed by atoms with E-state index < -0.39 is 11.8 Å². The summed E-state index contributed by atoms with van der Waals surface area (Å²) >= 11 is 0. The molecule has 0 aliphatic heterocycles. The van der Waals surface area contributed by atoms with Gasteiger partial charge in [0.25, 0.3) is 23.6 Å². The number of nitrogens with zero attached hydrogens (tertiary/aromatic N) is 4. The van der Waals surface area contributed by atoms with Crippen molar-refractivity contribution in [1.29, 1.82) is 0 Å². The first kappa shape index (κ1) is 25.8. The number of rotatable bonds is 7. The van der Waals surface area contributed by atoms with Gasteiger partial charge in [0.2, 0.25) is 11.8 Å². The summed E-state index contributed by atoms with van der Waals surface area (Å²) in [6.07, 6.45) is 0. The summed E-state index contributed by atoms with van der Waals surface area (Å²) in [6.45, 7) is 0. The highest BCUT2D eigenvalue weighted by atomic mass is 16.5. The molecule has 2 aromatic carbocycles. The molecule has 11 nitrogen and oxygen atoms in total. The topological polar surface area (TPSA) is 134 Å². The molecule has 2 N–H and O–H groups in total. The Hall–Kier alpha value is -4.80. The number of ether oxygens (including phenoxy) is 1. The standard InChI is InChI=1S/C25H26N6O5/c1-30(2)23(34)17-10-6-15(7-11-17)21(32)26-19-14-20(36-5)28-25(27-19)29-22(33)16-8-12-18(13-9-16)24(35)31(3)4/h6-14H,1-5H3,(H2,26,27,28,29,32,33). The van der Waals surface area contributed by atoms with Gasteiger partial charge in [-0.25, -0.2) is 0 Å². The van der Waals surface area contributed by atoms with Gasteiger partial charge in [-0.15, -0.1) is 0 Å². The third kappa shape index (κ3) is 6.20. The van der Waals surface area contributed by atoms with Crippen molar-refractivity contribution in [3.63, 3.8) is 0 Å². The Morgan fingerprint density at radius 3 is 1.50 bits per heavy atom. The van der Waals surface area contributed by atoms with Crippen LogP contribution in [0.2, 0.25) is 0 Å². The summed E-state index contributed by atoms with van der Waals surface area (Å²) in [6, 6.07) is 13.7. The molecule has 0 unspecified atom stereocenters. The number of carbonyl (C=O) groups excluding carboxylic acids is 4. The predicted octanol–water partition coefficient (Wildman–Crippen LogP) is 2.39. The van der Waals surface area contributed by atoms with E-state index in [-0.39, 0.29) is 35.0 Å². The third-order valence-corrected chi connectivity index (χ3v) is 4.98. The van der Waals surface area contributed by atoms with Gasteiger partial charge in [-0.05, 0) is 48.5 Å². The lowest BCUT2D eigenvalue weighted by atomic mass is 10.1. The molecular weight excluding hydrogens is 464 g/mol. The van der Waals surface area contributed by atoms with Crippen LogP contribution in [0.5, 0.6) is 5.88 Å². The van der Waals surface area contributed by atoms with Crippen molar-refractivity contribution in [2.45, 2.75) is 0 Å². The average Bonchev–Trinajstić information content (AvgIpc) is 2.87. The molecule has 0 saturated carbocycles. The fourth-order valence-electron chi connectivity index (χ4n) is 3.06. The SMILES string of the molecule is COc1cc(NC(=O)c2ccc(C(=O)N(C)C)cc2)nc(NC(=O)c2ccc(C(=O)N(C)C)cc2)n1. The minimum atomic E-state index is -0.509.